The Hall–Kier alpha value is -0.0800. The van der Waals surface area contributed by atoms with Gasteiger partial charge in [0.25, 0.3) is 0 Å². The molecule has 2 rings (SSSR count). The van der Waals surface area contributed by atoms with Gasteiger partial charge in [0.05, 0.1) is 12.2 Å². The second-order valence-corrected chi connectivity index (χ2v) is 6.28. The Bertz CT molecular complexity index is 213. The van der Waals surface area contributed by atoms with Gasteiger partial charge in [0.1, 0.15) is 6.10 Å². The molecule has 2 heteroatoms. The average molecular weight is 212 g/mol. The summed E-state index contributed by atoms with van der Waals surface area (Å²) in [6.45, 7) is 6.56. The van der Waals surface area contributed by atoms with Crippen molar-refractivity contribution < 1.29 is 9.84 Å². The van der Waals surface area contributed by atoms with E-state index in [1.807, 2.05) is 0 Å². The first-order chi connectivity index (χ1) is 7.00. The zero-order valence-corrected chi connectivity index (χ0v) is 10.2. The molecule has 0 radical (unpaired) electrons. The Morgan fingerprint density at radius 1 is 1.13 bits per heavy atom. The molecule has 1 heterocycles. The molecule has 0 amide bonds. The van der Waals surface area contributed by atoms with E-state index in [1.54, 1.807) is 0 Å². The molecule has 1 aliphatic carbocycles. The molecule has 2 aliphatic rings. The molecule has 15 heavy (non-hydrogen) atoms. The van der Waals surface area contributed by atoms with E-state index in [4.69, 9.17) is 4.74 Å². The molecular formula is C13H24O2. The Kier molecular flexibility index (Phi) is 3.09. The molecule has 3 atom stereocenters. The van der Waals surface area contributed by atoms with E-state index in [2.05, 4.69) is 20.8 Å². The number of rotatable bonds is 2. The Morgan fingerprint density at radius 2 is 1.73 bits per heavy atom. The van der Waals surface area contributed by atoms with Crippen LogP contribution in [0.3, 0.4) is 0 Å². The average Bonchev–Trinajstić information content (AvgIpc) is 2.97. The van der Waals surface area contributed by atoms with Crippen molar-refractivity contribution in [2.45, 2.75) is 71.2 Å². The molecule has 1 saturated carbocycles. The lowest BCUT2D eigenvalue weighted by molar-refractivity contribution is 0.0585. The minimum atomic E-state index is -0.213. The van der Waals surface area contributed by atoms with Gasteiger partial charge in [-0.1, -0.05) is 40.0 Å². The Balaban J connectivity index is 1.85. The van der Waals surface area contributed by atoms with Gasteiger partial charge in [-0.25, -0.2) is 0 Å². The van der Waals surface area contributed by atoms with Crippen molar-refractivity contribution in [3.05, 3.63) is 0 Å². The highest BCUT2D eigenvalue weighted by atomic mass is 16.6. The largest absolute Gasteiger partial charge is 0.390 e. The number of aliphatic hydroxyl groups excluding tert-OH is 1. The fraction of sp³-hybridized carbons (Fsp3) is 1.00. The summed E-state index contributed by atoms with van der Waals surface area (Å²) in [7, 11) is 0. The molecule has 0 aromatic heterocycles. The maximum absolute atomic E-state index is 10.2. The SMILES string of the molecule is CC(C)(C)C1OC1[C@H](O)C1CCCCC1. The van der Waals surface area contributed by atoms with E-state index in [9.17, 15) is 5.11 Å². The third kappa shape index (κ3) is 2.54. The Morgan fingerprint density at radius 3 is 2.20 bits per heavy atom. The second-order valence-electron chi connectivity index (χ2n) is 6.28. The molecule has 1 N–H and O–H groups in total. The van der Waals surface area contributed by atoms with E-state index in [0.29, 0.717) is 5.92 Å². The van der Waals surface area contributed by atoms with Crippen LogP contribution >= 0.6 is 0 Å². The summed E-state index contributed by atoms with van der Waals surface area (Å²) < 4.78 is 5.65. The fourth-order valence-corrected chi connectivity index (χ4v) is 2.82. The minimum Gasteiger partial charge on any atom is -0.390 e. The van der Waals surface area contributed by atoms with Crippen LogP contribution in [0.5, 0.6) is 0 Å². The van der Waals surface area contributed by atoms with Crippen LogP contribution in [-0.4, -0.2) is 23.4 Å². The third-order valence-corrected chi connectivity index (χ3v) is 3.85. The van der Waals surface area contributed by atoms with Crippen LogP contribution in [-0.2, 0) is 4.74 Å². The highest BCUT2D eigenvalue weighted by Crippen LogP contribution is 2.43. The van der Waals surface area contributed by atoms with Gasteiger partial charge >= 0.3 is 0 Å². The van der Waals surface area contributed by atoms with Crippen LogP contribution in [0.15, 0.2) is 0 Å². The first-order valence-electron chi connectivity index (χ1n) is 6.33. The van der Waals surface area contributed by atoms with Crippen LogP contribution in [0.25, 0.3) is 0 Å². The molecule has 0 bridgehead atoms. The molecule has 1 aliphatic heterocycles. The first-order valence-corrected chi connectivity index (χ1v) is 6.33. The number of aliphatic hydroxyl groups is 1. The van der Waals surface area contributed by atoms with Crippen molar-refractivity contribution >= 4 is 0 Å². The summed E-state index contributed by atoms with van der Waals surface area (Å²) in [6.07, 6.45) is 6.48. The molecule has 0 aromatic carbocycles. The topological polar surface area (TPSA) is 32.8 Å². The number of hydrogen-bond acceptors (Lipinski definition) is 2. The molecule has 2 nitrogen and oxygen atoms in total. The summed E-state index contributed by atoms with van der Waals surface area (Å²) in [4.78, 5) is 0. The first kappa shape index (κ1) is 11.4. The maximum atomic E-state index is 10.2. The zero-order valence-electron chi connectivity index (χ0n) is 10.2. The van der Waals surface area contributed by atoms with Gasteiger partial charge in [-0.2, -0.15) is 0 Å². The van der Waals surface area contributed by atoms with Gasteiger partial charge in [0.15, 0.2) is 0 Å². The smallest absolute Gasteiger partial charge is 0.111 e. The number of ether oxygens (including phenoxy) is 1. The van der Waals surface area contributed by atoms with Crippen LogP contribution in [0.2, 0.25) is 0 Å². The van der Waals surface area contributed by atoms with Crippen molar-refractivity contribution in [1.82, 2.24) is 0 Å². The molecule has 88 valence electrons. The van der Waals surface area contributed by atoms with E-state index >= 15 is 0 Å². The molecule has 0 aromatic rings. The molecule has 2 fully saturated rings. The van der Waals surface area contributed by atoms with Crippen molar-refractivity contribution in [1.29, 1.82) is 0 Å². The van der Waals surface area contributed by atoms with Gasteiger partial charge in [-0.3, -0.25) is 0 Å². The third-order valence-electron chi connectivity index (χ3n) is 3.85. The van der Waals surface area contributed by atoms with Gasteiger partial charge in [-0.15, -0.1) is 0 Å². The highest BCUT2D eigenvalue weighted by molar-refractivity contribution is 4.99. The van der Waals surface area contributed by atoms with E-state index in [0.717, 1.165) is 0 Å². The predicted molar refractivity (Wildman–Crippen MR) is 60.7 cm³/mol. The summed E-state index contributed by atoms with van der Waals surface area (Å²) in [5.74, 6) is 0.496. The fourth-order valence-electron chi connectivity index (χ4n) is 2.82. The Labute approximate surface area is 93.0 Å². The normalized spacial score (nSPS) is 35.2. The quantitative estimate of drug-likeness (QED) is 0.714. The van der Waals surface area contributed by atoms with E-state index < -0.39 is 0 Å². The van der Waals surface area contributed by atoms with Crippen LogP contribution < -0.4 is 0 Å². The van der Waals surface area contributed by atoms with Crippen LogP contribution in [0.4, 0.5) is 0 Å². The van der Waals surface area contributed by atoms with Crippen molar-refractivity contribution in [3.63, 3.8) is 0 Å². The van der Waals surface area contributed by atoms with E-state index in [-0.39, 0.29) is 23.7 Å². The lowest BCUT2D eigenvalue weighted by atomic mass is 9.81. The highest BCUT2D eigenvalue weighted by Gasteiger charge is 2.52. The molecule has 1 saturated heterocycles. The van der Waals surface area contributed by atoms with Gasteiger partial charge in [0.2, 0.25) is 0 Å². The minimum absolute atomic E-state index is 0.119. The molecule has 2 unspecified atom stereocenters. The van der Waals surface area contributed by atoms with E-state index in [1.165, 1.54) is 32.1 Å². The standard InChI is InChI=1S/C13H24O2/c1-13(2,3)12-11(15-12)10(14)9-7-5-4-6-8-9/h9-12,14H,4-8H2,1-3H3/t10-,11?,12?/m1/s1. The van der Waals surface area contributed by atoms with Gasteiger partial charge < -0.3 is 9.84 Å². The van der Waals surface area contributed by atoms with Crippen molar-refractivity contribution in [3.8, 4) is 0 Å². The van der Waals surface area contributed by atoms with Crippen LogP contribution in [0, 0.1) is 11.3 Å². The summed E-state index contributed by atoms with van der Waals surface area (Å²) in [5.41, 5.74) is 0.181. The molecule has 0 spiro atoms. The monoisotopic (exact) mass is 212 g/mol. The van der Waals surface area contributed by atoms with Crippen molar-refractivity contribution in [2.24, 2.45) is 11.3 Å². The van der Waals surface area contributed by atoms with Crippen LogP contribution in [0.1, 0.15) is 52.9 Å². The number of hydrogen-bond donors (Lipinski definition) is 1. The zero-order chi connectivity index (χ0) is 11.1. The maximum Gasteiger partial charge on any atom is 0.111 e. The summed E-state index contributed by atoms with van der Waals surface area (Å²) in [6, 6.07) is 0. The molecular weight excluding hydrogens is 188 g/mol. The van der Waals surface area contributed by atoms with Gasteiger partial charge in [0, 0.05) is 0 Å². The van der Waals surface area contributed by atoms with Crippen molar-refractivity contribution in [2.75, 3.05) is 0 Å². The predicted octanol–water partition coefficient (Wildman–Crippen LogP) is 2.74. The number of epoxide rings is 1. The lowest BCUT2D eigenvalue weighted by Crippen LogP contribution is -2.31. The lowest BCUT2D eigenvalue weighted by Gasteiger charge is -2.26. The summed E-state index contributed by atoms with van der Waals surface area (Å²) in [5, 5.41) is 10.2. The summed E-state index contributed by atoms with van der Waals surface area (Å²) >= 11 is 0. The second kappa shape index (κ2) is 4.06. The van der Waals surface area contributed by atoms with Gasteiger partial charge in [-0.05, 0) is 24.2 Å².